The molecule has 0 N–H and O–H groups in total. The number of halogens is 2. The molecule has 0 unspecified atom stereocenters. The summed E-state index contributed by atoms with van der Waals surface area (Å²) in [6, 6.07) is 8.13. The average Bonchev–Trinajstić information content (AvgIpc) is 2.75. The number of hydrogen-bond donors (Lipinski definition) is 0. The molecule has 0 bridgehead atoms. The Morgan fingerprint density at radius 3 is 2.31 bits per heavy atom. The standard InChI is InChI=1S/C24H27F2NO2/c25-21-12-10-19(11-13-21)18-6-8-20(9-7-18)24(28)29-23-14-4-17(5-15-23)2-1-3-22(26)16-27/h1-3,10-13,17-18,20,23H,4-9,14-15H2/b2-1+,22-3?. The molecule has 0 aromatic heterocycles. The van der Waals surface area contributed by atoms with Crippen LogP contribution in [0.3, 0.4) is 0 Å². The van der Waals surface area contributed by atoms with Crippen LogP contribution in [0.1, 0.15) is 62.8 Å². The first-order chi connectivity index (χ1) is 14.0. The van der Waals surface area contributed by atoms with Crippen LogP contribution in [0.25, 0.3) is 0 Å². The highest BCUT2D eigenvalue weighted by atomic mass is 19.1. The molecule has 29 heavy (non-hydrogen) atoms. The van der Waals surface area contributed by atoms with Crippen LogP contribution in [0.2, 0.25) is 0 Å². The topological polar surface area (TPSA) is 50.1 Å². The van der Waals surface area contributed by atoms with Crippen LogP contribution < -0.4 is 0 Å². The zero-order chi connectivity index (χ0) is 20.6. The molecule has 0 atom stereocenters. The summed E-state index contributed by atoms with van der Waals surface area (Å²) < 4.78 is 31.6. The number of carbonyl (C=O) groups excluding carboxylic acids is 1. The van der Waals surface area contributed by atoms with Crippen molar-refractivity contribution in [2.75, 3.05) is 0 Å². The third-order valence-electron chi connectivity index (χ3n) is 6.14. The third-order valence-corrected chi connectivity index (χ3v) is 6.14. The summed E-state index contributed by atoms with van der Waals surface area (Å²) in [6.07, 6.45) is 11.6. The molecule has 5 heteroatoms. The molecule has 3 nitrogen and oxygen atoms in total. The van der Waals surface area contributed by atoms with E-state index in [1.165, 1.54) is 24.3 Å². The molecular formula is C24H27F2NO2. The molecule has 2 aliphatic rings. The van der Waals surface area contributed by atoms with Crippen LogP contribution in [-0.4, -0.2) is 12.1 Å². The van der Waals surface area contributed by atoms with Crippen molar-refractivity contribution in [2.45, 2.75) is 63.4 Å². The Hall–Kier alpha value is -2.48. The lowest BCUT2D eigenvalue weighted by Gasteiger charge is -2.31. The van der Waals surface area contributed by atoms with Gasteiger partial charge >= 0.3 is 5.97 Å². The first kappa shape index (κ1) is 21.2. The highest BCUT2D eigenvalue weighted by Gasteiger charge is 2.30. The molecular weight excluding hydrogens is 372 g/mol. The molecule has 1 aromatic rings. The molecule has 3 rings (SSSR count). The first-order valence-electron chi connectivity index (χ1n) is 10.4. The lowest BCUT2D eigenvalue weighted by molar-refractivity contribution is -0.157. The Kier molecular flexibility index (Phi) is 7.57. The van der Waals surface area contributed by atoms with Gasteiger partial charge in [-0.1, -0.05) is 24.3 Å². The zero-order valence-electron chi connectivity index (χ0n) is 16.5. The third kappa shape index (κ3) is 6.25. The maximum Gasteiger partial charge on any atom is 0.309 e. The van der Waals surface area contributed by atoms with E-state index in [-0.39, 0.29) is 23.8 Å². The van der Waals surface area contributed by atoms with Gasteiger partial charge in [-0.05, 0) is 87.0 Å². The van der Waals surface area contributed by atoms with Crippen LogP contribution in [0.4, 0.5) is 8.78 Å². The van der Waals surface area contributed by atoms with Gasteiger partial charge in [-0.3, -0.25) is 4.79 Å². The molecule has 0 saturated heterocycles. The van der Waals surface area contributed by atoms with E-state index in [0.29, 0.717) is 11.8 Å². The van der Waals surface area contributed by atoms with Gasteiger partial charge in [-0.2, -0.15) is 9.65 Å². The van der Waals surface area contributed by atoms with Gasteiger partial charge in [0.1, 0.15) is 18.0 Å². The number of carbonyl (C=O) groups is 1. The van der Waals surface area contributed by atoms with Crippen LogP contribution in [-0.2, 0) is 9.53 Å². The summed E-state index contributed by atoms with van der Waals surface area (Å²) in [5.41, 5.74) is 1.15. The fraction of sp³-hybridized carbons (Fsp3) is 0.500. The fourth-order valence-corrected chi connectivity index (χ4v) is 4.39. The summed E-state index contributed by atoms with van der Waals surface area (Å²) in [7, 11) is 0. The van der Waals surface area contributed by atoms with Crippen LogP contribution in [0, 0.1) is 29.0 Å². The average molecular weight is 399 g/mol. The highest BCUT2D eigenvalue weighted by molar-refractivity contribution is 5.72. The monoisotopic (exact) mass is 399 g/mol. The summed E-state index contributed by atoms with van der Waals surface area (Å²) in [5.74, 6) is -0.412. The summed E-state index contributed by atoms with van der Waals surface area (Å²) >= 11 is 0. The van der Waals surface area contributed by atoms with Crippen molar-refractivity contribution in [3.05, 3.63) is 59.7 Å². The number of rotatable bonds is 5. The number of esters is 1. The highest BCUT2D eigenvalue weighted by Crippen LogP contribution is 2.37. The van der Waals surface area contributed by atoms with E-state index < -0.39 is 5.83 Å². The number of allylic oxidation sites excluding steroid dienone is 4. The van der Waals surface area contributed by atoms with Crippen molar-refractivity contribution in [1.82, 2.24) is 0 Å². The van der Waals surface area contributed by atoms with E-state index in [1.54, 1.807) is 6.08 Å². The van der Waals surface area contributed by atoms with Gasteiger partial charge in [-0.25, -0.2) is 4.39 Å². The number of hydrogen-bond acceptors (Lipinski definition) is 3. The smallest absolute Gasteiger partial charge is 0.309 e. The zero-order valence-corrected chi connectivity index (χ0v) is 16.5. The summed E-state index contributed by atoms with van der Waals surface area (Å²) in [5, 5.41) is 8.39. The lowest BCUT2D eigenvalue weighted by atomic mass is 9.78. The Balaban J connectivity index is 1.39. The van der Waals surface area contributed by atoms with Gasteiger partial charge in [-0.15, -0.1) is 0 Å². The van der Waals surface area contributed by atoms with E-state index in [9.17, 15) is 13.6 Å². The van der Waals surface area contributed by atoms with E-state index in [0.717, 1.165) is 56.9 Å². The van der Waals surface area contributed by atoms with Gasteiger partial charge in [0, 0.05) is 0 Å². The van der Waals surface area contributed by atoms with Crippen LogP contribution in [0.15, 0.2) is 48.3 Å². The second kappa shape index (κ2) is 10.3. The number of ether oxygens (including phenoxy) is 1. The molecule has 2 aliphatic carbocycles. The normalized spacial score (nSPS) is 28.1. The van der Waals surface area contributed by atoms with Crippen molar-refractivity contribution < 1.29 is 18.3 Å². The van der Waals surface area contributed by atoms with E-state index in [1.807, 2.05) is 18.2 Å². The molecule has 0 radical (unpaired) electrons. The number of nitriles is 1. The van der Waals surface area contributed by atoms with E-state index in [2.05, 4.69) is 0 Å². The van der Waals surface area contributed by atoms with Crippen LogP contribution >= 0.6 is 0 Å². The number of nitrogens with zero attached hydrogens (tertiary/aromatic N) is 1. The SMILES string of the molecule is N#CC(F)=C/C=C/C1CCC(OC(=O)C2CCC(c3ccc(F)cc3)CC2)CC1. The molecule has 2 fully saturated rings. The molecule has 0 spiro atoms. The quantitative estimate of drug-likeness (QED) is 0.340. The van der Waals surface area contributed by atoms with Crippen molar-refractivity contribution in [3.63, 3.8) is 0 Å². The Morgan fingerprint density at radius 1 is 1.03 bits per heavy atom. The minimum atomic E-state index is -0.794. The largest absolute Gasteiger partial charge is 0.462 e. The first-order valence-corrected chi connectivity index (χ1v) is 10.4. The Labute approximate surface area is 171 Å². The van der Waals surface area contributed by atoms with Crippen LogP contribution in [0.5, 0.6) is 0 Å². The minimum absolute atomic E-state index is 0.0339. The number of benzene rings is 1. The van der Waals surface area contributed by atoms with Crippen molar-refractivity contribution in [3.8, 4) is 6.07 Å². The van der Waals surface area contributed by atoms with Gasteiger partial charge < -0.3 is 4.74 Å². The Bertz CT molecular complexity index is 778. The predicted octanol–water partition coefficient (Wildman–Crippen LogP) is 6.13. The van der Waals surface area contributed by atoms with Crippen molar-refractivity contribution in [1.29, 1.82) is 5.26 Å². The summed E-state index contributed by atoms with van der Waals surface area (Å²) in [6.45, 7) is 0. The maximum atomic E-state index is 13.1. The molecule has 154 valence electrons. The fourth-order valence-electron chi connectivity index (χ4n) is 4.39. The van der Waals surface area contributed by atoms with Crippen molar-refractivity contribution in [2.24, 2.45) is 11.8 Å². The molecule has 0 heterocycles. The molecule has 0 amide bonds. The Morgan fingerprint density at radius 2 is 1.69 bits per heavy atom. The second-order valence-corrected chi connectivity index (χ2v) is 8.09. The van der Waals surface area contributed by atoms with Gasteiger partial charge in [0.15, 0.2) is 5.83 Å². The lowest BCUT2D eigenvalue weighted by Crippen LogP contribution is -2.29. The predicted molar refractivity (Wildman–Crippen MR) is 107 cm³/mol. The van der Waals surface area contributed by atoms with Gasteiger partial charge in [0.2, 0.25) is 0 Å². The minimum Gasteiger partial charge on any atom is -0.462 e. The summed E-state index contributed by atoms with van der Waals surface area (Å²) in [4.78, 5) is 12.5. The maximum absolute atomic E-state index is 13.1. The van der Waals surface area contributed by atoms with Gasteiger partial charge in [0.05, 0.1) is 5.92 Å². The molecule has 0 aliphatic heterocycles. The van der Waals surface area contributed by atoms with Gasteiger partial charge in [0.25, 0.3) is 0 Å². The molecule has 1 aromatic carbocycles. The van der Waals surface area contributed by atoms with E-state index >= 15 is 0 Å². The molecule has 2 saturated carbocycles. The van der Waals surface area contributed by atoms with Crippen molar-refractivity contribution >= 4 is 5.97 Å². The second-order valence-electron chi connectivity index (χ2n) is 8.09. The van der Waals surface area contributed by atoms with E-state index in [4.69, 9.17) is 10.00 Å².